The average molecular weight is 302 g/mol. The molecule has 1 aromatic carbocycles. The third-order valence-corrected chi connectivity index (χ3v) is 3.06. The Balaban J connectivity index is 2.39. The SMILES string of the molecule is C=CC1=NCCNCCOc2ccc(F)c(c2)C(=CN)C=N1. The fraction of sp³-hybridized carbons (Fsp3) is 0.250. The van der Waals surface area contributed by atoms with Crippen molar-refractivity contribution in [3.05, 3.63) is 48.4 Å². The Bertz CT molecular complexity index is 623. The molecule has 0 radical (unpaired) electrons. The van der Waals surface area contributed by atoms with Gasteiger partial charge in [0, 0.05) is 36.6 Å². The second-order valence-electron chi connectivity index (χ2n) is 4.56. The lowest BCUT2D eigenvalue weighted by Gasteiger charge is -2.10. The Kier molecular flexibility index (Phi) is 5.85. The van der Waals surface area contributed by atoms with Gasteiger partial charge in [0.1, 0.15) is 24.0 Å². The number of nitrogens with zero attached hydrogens (tertiary/aromatic N) is 2. The summed E-state index contributed by atoms with van der Waals surface area (Å²) in [7, 11) is 0. The van der Waals surface area contributed by atoms with Gasteiger partial charge in [-0.1, -0.05) is 6.58 Å². The third kappa shape index (κ3) is 4.26. The monoisotopic (exact) mass is 302 g/mol. The van der Waals surface area contributed by atoms with Crippen molar-refractivity contribution in [3.63, 3.8) is 0 Å². The van der Waals surface area contributed by atoms with Gasteiger partial charge in [-0.25, -0.2) is 9.38 Å². The van der Waals surface area contributed by atoms with Gasteiger partial charge in [-0.3, -0.25) is 4.99 Å². The van der Waals surface area contributed by atoms with Crippen LogP contribution in [0.3, 0.4) is 0 Å². The largest absolute Gasteiger partial charge is 0.492 e. The normalized spacial score (nSPS) is 18.2. The minimum atomic E-state index is -0.391. The highest BCUT2D eigenvalue weighted by molar-refractivity contribution is 6.14. The predicted octanol–water partition coefficient (Wildman–Crippen LogP) is 1.76. The summed E-state index contributed by atoms with van der Waals surface area (Å²) in [5.41, 5.74) is 6.38. The van der Waals surface area contributed by atoms with Crippen LogP contribution >= 0.6 is 0 Å². The van der Waals surface area contributed by atoms with Crippen LogP contribution in [0.25, 0.3) is 5.57 Å². The number of hydrogen-bond donors (Lipinski definition) is 2. The maximum absolute atomic E-state index is 14.0. The first kappa shape index (κ1) is 15.9. The lowest BCUT2D eigenvalue weighted by molar-refractivity contribution is 0.314. The molecule has 116 valence electrons. The molecule has 1 aromatic rings. The molecule has 0 aromatic heterocycles. The molecule has 2 bridgehead atoms. The molecule has 22 heavy (non-hydrogen) atoms. The highest BCUT2D eigenvalue weighted by atomic mass is 19.1. The van der Waals surface area contributed by atoms with E-state index in [1.807, 2.05) is 0 Å². The van der Waals surface area contributed by atoms with Gasteiger partial charge >= 0.3 is 0 Å². The molecular formula is C16H19FN4O. The molecule has 1 aliphatic heterocycles. The first-order chi connectivity index (χ1) is 10.7. The number of benzene rings is 1. The topological polar surface area (TPSA) is 72.0 Å². The lowest BCUT2D eigenvalue weighted by atomic mass is 10.1. The fourth-order valence-corrected chi connectivity index (χ4v) is 1.93. The van der Waals surface area contributed by atoms with Crippen molar-refractivity contribution in [2.45, 2.75) is 0 Å². The van der Waals surface area contributed by atoms with Crippen molar-refractivity contribution in [1.29, 1.82) is 0 Å². The van der Waals surface area contributed by atoms with Gasteiger partial charge in [0.25, 0.3) is 0 Å². The van der Waals surface area contributed by atoms with Crippen LogP contribution in [0.2, 0.25) is 0 Å². The summed E-state index contributed by atoms with van der Waals surface area (Å²) in [5.74, 6) is 0.671. The highest BCUT2D eigenvalue weighted by Crippen LogP contribution is 2.22. The Morgan fingerprint density at radius 1 is 1.36 bits per heavy atom. The maximum Gasteiger partial charge on any atom is 0.146 e. The number of amidine groups is 1. The number of halogens is 1. The number of allylic oxidation sites excluding steroid dienone is 1. The Hall–Kier alpha value is -2.47. The summed E-state index contributed by atoms with van der Waals surface area (Å²) in [6.07, 6.45) is 4.33. The van der Waals surface area contributed by atoms with E-state index in [0.29, 0.717) is 49.0 Å². The van der Waals surface area contributed by atoms with Gasteiger partial charge in [-0.05, 0) is 24.3 Å². The van der Waals surface area contributed by atoms with Gasteiger partial charge in [-0.15, -0.1) is 0 Å². The molecule has 0 saturated heterocycles. The predicted molar refractivity (Wildman–Crippen MR) is 87.9 cm³/mol. The number of rotatable bonds is 1. The van der Waals surface area contributed by atoms with Crippen molar-refractivity contribution < 1.29 is 9.13 Å². The summed E-state index contributed by atoms with van der Waals surface area (Å²) in [6.45, 7) is 6.11. The number of nitrogens with two attached hydrogens (primary N) is 1. The van der Waals surface area contributed by atoms with Crippen molar-refractivity contribution >= 4 is 17.6 Å². The molecule has 0 aliphatic carbocycles. The molecule has 0 atom stereocenters. The molecule has 2 rings (SSSR count). The van der Waals surface area contributed by atoms with E-state index in [-0.39, 0.29) is 0 Å². The van der Waals surface area contributed by atoms with Crippen LogP contribution in [0, 0.1) is 5.82 Å². The van der Waals surface area contributed by atoms with Crippen LogP contribution in [0.4, 0.5) is 4.39 Å². The molecule has 6 heteroatoms. The summed E-state index contributed by atoms with van der Waals surface area (Å²) in [6, 6.07) is 4.55. The maximum atomic E-state index is 14.0. The van der Waals surface area contributed by atoms with E-state index in [1.54, 1.807) is 18.2 Å². The summed E-state index contributed by atoms with van der Waals surface area (Å²) in [4.78, 5) is 8.49. The Labute approximate surface area is 129 Å². The Morgan fingerprint density at radius 3 is 3.00 bits per heavy atom. The standard InChI is InChI=1S/C16H19FN4O/c1-2-16-20-6-5-19-7-8-22-13-3-4-15(17)14(9-13)12(10-18)11-21-16/h2-4,9-11,19H,1,5-8,18H2. The van der Waals surface area contributed by atoms with Crippen LogP contribution in [0.1, 0.15) is 5.56 Å². The first-order valence-corrected chi connectivity index (χ1v) is 7.01. The van der Waals surface area contributed by atoms with Crippen LogP contribution in [-0.4, -0.2) is 38.3 Å². The molecule has 0 unspecified atom stereocenters. The van der Waals surface area contributed by atoms with E-state index in [2.05, 4.69) is 21.9 Å². The molecule has 5 nitrogen and oxygen atoms in total. The smallest absolute Gasteiger partial charge is 0.146 e. The zero-order chi connectivity index (χ0) is 15.8. The number of fused-ring (bicyclic) bond motifs is 2. The van der Waals surface area contributed by atoms with E-state index in [0.717, 1.165) is 0 Å². The van der Waals surface area contributed by atoms with Crippen LogP contribution in [0.5, 0.6) is 5.75 Å². The van der Waals surface area contributed by atoms with Crippen molar-refractivity contribution in [2.24, 2.45) is 15.7 Å². The zero-order valence-electron chi connectivity index (χ0n) is 12.3. The summed E-state index contributed by atoms with van der Waals surface area (Å²) >= 11 is 0. The second-order valence-corrected chi connectivity index (χ2v) is 4.56. The fourth-order valence-electron chi connectivity index (χ4n) is 1.93. The zero-order valence-corrected chi connectivity index (χ0v) is 12.3. The number of aliphatic imine (C=N–C) groups is 2. The van der Waals surface area contributed by atoms with E-state index in [4.69, 9.17) is 10.5 Å². The summed E-state index contributed by atoms with van der Waals surface area (Å²) < 4.78 is 19.6. The Morgan fingerprint density at radius 2 is 2.23 bits per heavy atom. The first-order valence-electron chi connectivity index (χ1n) is 7.01. The summed E-state index contributed by atoms with van der Waals surface area (Å²) in [5, 5.41) is 3.20. The highest BCUT2D eigenvalue weighted by Gasteiger charge is 2.09. The number of hydrogen-bond acceptors (Lipinski definition) is 5. The molecule has 0 saturated carbocycles. The van der Waals surface area contributed by atoms with Crippen LogP contribution < -0.4 is 15.8 Å². The van der Waals surface area contributed by atoms with Gasteiger partial charge in [0.15, 0.2) is 0 Å². The quantitative estimate of drug-likeness (QED) is 0.830. The van der Waals surface area contributed by atoms with E-state index >= 15 is 0 Å². The lowest BCUT2D eigenvalue weighted by Crippen LogP contribution is -2.24. The number of nitrogens with one attached hydrogen (secondary N) is 1. The third-order valence-electron chi connectivity index (χ3n) is 3.06. The van der Waals surface area contributed by atoms with Crippen molar-refractivity contribution in [3.8, 4) is 5.75 Å². The van der Waals surface area contributed by atoms with E-state index in [9.17, 15) is 4.39 Å². The molecular weight excluding hydrogens is 283 g/mol. The minimum absolute atomic E-state index is 0.331. The van der Waals surface area contributed by atoms with Crippen molar-refractivity contribution in [2.75, 3.05) is 26.2 Å². The van der Waals surface area contributed by atoms with Gasteiger partial charge < -0.3 is 15.8 Å². The van der Waals surface area contributed by atoms with Gasteiger partial charge in [-0.2, -0.15) is 0 Å². The molecule has 0 amide bonds. The molecule has 1 aliphatic rings. The average Bonchev–Trinajstić information content (AvgIpc) is 2.54. The molecule has 1 heterocycles. The minimum Gasteiger partial charge on any atom is -0.492 e. The molecule has 0 spiro atoms. The second kappa shape index (κ2) is 8.09. The molecule has 0 fully saturated rings. The van der Waals surface area contributed by atoms with E-state index in [1.165, 1.54) is 18.5 Å². The van der Waals surface area contributed by atoms with Crippen LogP contribution in [-0.2, 0) is 0 Å². The van der Waals surface area contributed by atoms with Gasteiger partial charge in [0.2, 0.25) is 0 Å². The van der Waals surface area contributed by atoms with Gasteiger partial charge in [0.05, 0.1) is 6.54 Å². The molecule has 3 N–H and O–H groups in total. The number of ether oxygens (including phenoxy) is 1. The van der Waals surface area contributed by atoms with E-state index < -0.39 is 5.82 Å². The van der Waals surface area contributed by atoms with Crippen LogP contribution in [0.15, 0.2) is 47.0 Å². The van der Waals surface area contributed by atoms with Crippen molar-refractivity contribution in [1.82, 2.24) is 5.32 Å².